The molecule has 0 aromatic rings. The molecule has 1 saturated heterocycles. The van der Waals surface area contributed by atoms with Crippen molar-refractivity contribution in [1.82, 2.24) is 10.2 Å². The summed E-state index contributed by atoms with van der Waals surface area (Å²) in [5, 5.41) is 12.2. The molecule has 1 amide bonds. The fraction of sp³-hybridized carbons (Fsp3) is 0.769. The molecule has 18 heavy (non-hydrogen) atoms. The van der Waals surface area contributed by atoms with Gasteiger partial charge in [-0.3, -0.25) is 4.79 Å². The smallest absolute Gasteiger partial charge is 0.237 e. The number of carbonyl (C=O) groups excluding carboxylic acids is 1. The second-order valence-electron chi connectivity index (χ2n) is 5.05. The Morgan fingerprint density at radius 2 is 2.33 bits per heavy atom. The Morgan fingerprint density at radius 1 is 1.50 bits per heavy atom. The third-order valence-electron chi connectivity index (χ3n) is 3.85. The number of hydrogen-bond acceptors (Lipinski definition) is 3. The van der Waals surface area contributed by atoms with Crippen molar-refractivity contribution in [2.45, 2.75) is 50.2 Å². The maximum absolute atomic E-state index is 12.0. The highest BCUT2D eigenvalue weighted by atomic mass is 16.2. The molecule has 0 spiro atoms. The number of hydrogen-bond donors (Lipinski definition) is 1. The Kier molecular flexibility index (Phi) is 4.17. The van der Waals surface area contributed by atoms with E-state index in [1.165, 1.54) is 0 Å². The summed E-state index contributed by atoms with van der Waals surface area (Å²) in [5.74, 6) is 0.0188. The van der Waals surface area contributed by atoms with Crippen LogP contribution >= 0.6 is 0 Å². The standard InChI is InChI=1S/C13H18N4O/c1-15-10-4-5-11(7-10)16-9-13(18)17-6-2-3-12(17)8-14/h10-12,16H,2-7,9H2/t10?,11?,12-/m0/s1. The van der Waals surface area contributed by atoms with E-state index in [1.54, 1.807) is 4.90 Å². The van der Waals surface area contributed by atoms with Crippen molar-refractivity contribution in [3.05, 3.63) is 11.4 Å². The second kappa shape index (κ2) is 5.84. The minimum Gasteiger partial charge on any atom is -0.326 e. The summed E-state index contributed by atoms with van der Waals surface area (Å²) in [6.07, 6.45) is 4.47. The van der Waals surface area contributed by atoms with Crippen molar-refractivity contribution in [3.8, 4) is 6.07 Å². The summed E-state index contributed by atoms with van der Waals surface area (Å²) in [5.41, 5.74) is 0. The zero-order chi connectivity index (χ0) is 13.0. The van der Waals surface area contributed by atoms with E-state index in [0.717, 1.165) is 32.1 Å². The van der Waals surface area contributed by atoms with Gasteiger partial charge in [0.1, 0.15) is 6.04 Å². The van der Waals surface area contributed by atoms with E-state index in [-0.39, 0.29) is 24.0 Å². The minimum atomic E-state index is -0.237. The molecule has 5 heteroatoms. The minimum absolute atomic E-state index is 0.0188. The molecule has 1 heterocycles. The molecule has 1 N–H and O–H groups in total. The van der Waals surface area contributed by atoms with Gasteiger partial charge in [0.15, 0.2) is 0 Å². The lowest BCUT2D eigenvalue weighted by atomic mass is 10.2. The molecule has 1 saturated carbocycles. The first-order chi connectivity index (χ1) is 8.74. The van der Waals surface area contributed by atoms with Crippen LogP contribution < -0.4 is 5.32 Å². The summed E-state index contributed by atoms with van der Waals surface area (Å²) in [4.78, 5) is 17.2. The average molecular weight is 246 g/mol. The number of rotatable bonds is 3. The lowest BCUT2D eigenvalue weighted by Gasteiger charge is -2.20. The number of nitrogens with one attached hydrogen (secondary N) is 1. The topological polar surface area (TPSA) is 60.5 Å². The van der Waals surface area contributed by atoms with Crippen LogP contribution in [0, 0.1) is 17.9 Å². The van der Waals surface area contributed by atoms with Crippen molar-refractivity contribution in [2.75, 3.05) is 13.1 Å². The Labute approximate surface area is 108 Å². The summed E-state index contributed by atoms with van der Waals surface area (Å²) in [6, 6.07) is 2.35. The highest BCUT2D eigenvalue weighted by molar-refractivity contribution is 5.79. The predicted molar refractivity (Wildman–Crippen MR) is 66.4 cm³/mol. The van der Waals surface area contributed by atoms with Gasteiger partial charge in [0.2, 0.25) is 11.9 Å². The van der Waals surface area contributed by atoms with Crippen molar-refractivity contribution in [2.24, 2.45) is 0 Å². The van der Waals surface area contributed by atoms with Crippen LogP contribution in [0.25, 0.3) is 4.85 Å². The van der Waals surface area contributed by atoms with Crippen molar-refractivity contribution >= 4 is 5.91 Å². The predicted octanol–water partition coefficient (Wildman–Crippen LogP) is 0.931. The van der Waals surface area contributed by atoms with Crippen LogP contribution in [0.15, 0.2) is 0 Å². The molecular weight excluding hydrogens is 228 g/mol. The van der Waals surface area contributed by atoms with Gasteiger partial charge in [-0.25, -0.2) is 6.57 Å². The van der Waals surface area contributed by atoms with E-state index >= 15 is 0 Å². The number of carbonyl (C=O) groups is 1. The first-order valence-corrected chi connectivity index (χ1v) is 6.53. The monoisotopic (exact) mass is 246 g/mol. The fourth-order valence-electron chi connectivity index (χ4n) is 2.79. The Bertz CT molecular complexity index is 395. The largest absolute Gasteiger partial charge is 0.326 e. The maximum atomic E-state index is 12.0. The maximum Gasteiger partial charge on any atom is 0.237 e. The Balaban J connectivity index is 1.76. The number of nitriles is 1. The van der Waals surface area contributed by atoms with Gasteiger partial charge in [-0.1, -0.05) is 0 Å². The molecule has 0 radical (unpaired) electrons. The van der Waals surface area contributed by atoms with Crippen LogP contribution in [0.3, 0.4) is 0 Å². The zero-order valence-electron chi connectivity index (χ0n) is 10.4. The number of likely N-dealkylation sites (tertiary alicyclic amines) is 1. The summed E-state index contributed by atoms with van der Waals surface area (Å²) in [7, 11) is 0. The third-order valence-corrected chi connectivity index (χ3v) is 3.85. The van der Waals surface area contributed by atoms with Gasteiger partial charge in [0, 0.05) is 25.4 Å². The van der Waals surface area contributed by atoms with E-state index < -0.39 is 0 Å². The number of amides is 1. The van der Waals surface area contributed by atoms with Gasteiger partial charge >= 0.3 is 0 Å². The zero-order valence-corrected chi connectivity index (χ0v) is 10.4. The quantitative estimate of drug-likeness (QED) is 0.754. The molecule has 1 aliphatic heterocycles. The molecule has 2 fully saturated rings. The van der Waals surface area contributed by atoms with Gasteiger partial charge in [0.25, 0.3) is 0 Å². The normalized spacial score (nSPS) is 31.0. The number of nitrogens with zero attached hydrogens (tertiary/aromatic N) is 3. The molecular formula is C13H18N4O. The van der Waals surface area contributed by atoms with Crippen molar-refractivity contribution in [3.63, 3.8) is 0 Å². The van der Waals surface area contributed by atoms with E-state index in [4.69, 9.17) is 11.8 Å². The molecule has 0 aromatic carbocycles. The van der Waals surface area contributed by atoms with Crippen molar-refractivity contribution in [1.29, 1.82) is 5.26 Å². The van der Waals surface area contributed by atoms with Crippen LogP contribution in [0.1, 0.15) is 32.1 Å². The van der Waals surface area contributed by atoms with Gasteiger partial charge in [-0.15, -0.1) is 0 Å². The molecule has 1 aliphatic carbocycles. The molecule has 0 aromatic heterocycles. The average Bonchev–Trinajstić information content (AvgIpc) is 3.04. The first-order valence-electron chi connectivity index (χ1n) is 6.53. The van der Waals surface area contributed by atoms with E-state index in [0.29, 0.717) is 13.1 Å². The highest BCUT2D eigenvalue weighted by Crippen LogP contribution is 2.22. The van der Waals surface area contributed by atoms with Crippen LogP contribution in [-0.2, 0) is 4.79 Å². The van der Waals surface area contributed by atoms with Crippen LogP contribution in [-0.4, -0.2) is 42.0 Å². The van der Waals surface area contributed by atoms with Gasteiger partial charge in [-0.2, -0.15) is 5.26 Å². The van der Waals surface area contributed by atoms with E-state index in [1.807, 2.05) is 0 Å². The summed E-state index contributed by atoms with van der Waals surface area (Å²) in [6.45, 7) is 7.98. The van der Waals surface area contributed by atoms with Gasteiger partial charge in [0.05, 0.1) is 12.6 Å². The molecule has 2 aliphatic rings. The lowest BCUT2D eigenvalue weighted by Crippen LogP contribution is -2.42. The molecule has 5 nitrogen and oxygen atoms in total. The lowest BCUT2D eigenvalue weighted by molar-refractivity contribution is -0.130. The highest BCUT2D eigenvalue weighted by Gasteiger charge is 2.31. The SMILES string of the molecule is [C-]#[N+]C1CCC(NCC(=O)N2CCC[C@H]2C#N)C1. The van der Waals surface area contributed by atoms with Crippen LogP contribution in [0.5, 0.6) is 0 Å². The van der Waals surface area contributed by atoms with Crippen LogP contribution in [0.4, 0.5) is 0 Å². The third kappa shape index (κ3) is 2.80. The molecule has 0 bridgehead atoms. The van der Waals surface area contributed by atoms with Crippen LogP contribution in [0.2, 0.25) is 0 Å². The Morgan fingerprint density at radius 3 is 3.00 bits per heavy atom. The molecule has 2 unspecified atom stereocenters. The first kappa shape index (κ1) is 12.9. The Hall–Kier alpha value is -1.59. The molecule has 3 atom stereocenters. The van der Waals surface area contributed by atoms with E-state index in [9.17, 15) is 4.79 Å². The second-order valence-corrected chi connectivity index (χ2v) is 5.05. The molecule has 2 rings (SSSR count). The van der Waals surface area contributed by atoms with Gasteiger partial charge in [-0.05, 0) is 19.3 Å². The van der Waals surface area contributed by atoms with Gasteiger partial charge < -0.3 is 15.1 Å². The molecule has 96 valence electrons. The fourth-order valence-corrected chi connectivity index (χ4v) is 2.79. The van der Waals surface area contributed by atoms with E-state index in [2.05, 4.69) is 16.2 Å². The summed E-state index contributed by atoms with van der Waals surface area (Å²) < 4.78 is 0. The summed E-state index contributed by atoms with van der Waals surface area (Å²) >= 11 is 0. The van der Waals surface area contributed by atoms with Crippen molar-refractivity contribution < 1.29 is 4.79 Å².